The van der Waals surface area contributed by atoms with Crippen LogP contribution in [0.1, 0.15) is 25.2 Å². The summed E-state index contributed by atoms with van der Waals surface area (Å²) in [6, 6.07) is 5.66. The quantitative estimate of drug-likeness (QED) is 0.908. The van der Waals surface area contributed by atoms with Crippen LogP contribution in [0.15, 0.2) is 18.2 Å². The third-order valence-corrected chi connectivity index (χ3v) is 4.08. The van der Waals surface area contributed by atoms with Gasteiger partial charge in [-0.2, -0.15) is 0 Å². The molecule has 1 N–H and O–H groups in total. The smallest absolute Gasteiger partial charge is 0.307 e. The maximum atomic E-state index is 12.4. The van der Waals surface area contributed by atoms with E-state index >= 15 is 0 Å². The number of nitrogens with zero attached hydrogens (tertiary/aromatic N) is 2. The molecule has 0 radical (unpaired) electrons. The molecule has 1 heterocycles. The number of aryl methyl sites for hydroxylation is 1. The monoisotopic (exact) mass is 276 g/mol. The Morgan fingerprint density at radius 1 is 1.35 bits per heavy atom. The summed E-state index contributed by atoms with van der Waals surface area (Å²) in [5.41, 5.74) is 1.25. The molecule has 1 aromatic rings. The number of amides is 1. The number of carbonyl (C=O) groups is 2. The van der Waals surface area contributed by atoms with Crippen molar-refractivity contribution in [2.75, 3.05) is 7.05 Å². The average molecular weight is 276 g/mol. The maximum Gasteiger partial charge on any atom is 0.307 e. The van der Waals surface area contributed by atoms with Gasteiger partial charge in [-0.25, -0.2) is 0 Å². The molecule has 1 aliphatic carbocycles. The van der Waals surface area contributed by atoms with Gasteiger partial charge in [0, 0.05) is 12.7 Å². The van der Waals surface area contributed by atoms with Crippen molar-refractivity contribution in [3.63, 3.8) is 0 Å². The largest absolute Gasteiger partial charge is 0.481 e. The molecule has 0 saturated heterocycles. The Hall–Kier alpha value is -1.91. The molecule has 0 aliphatic heterocycles. The molecule has 1 fully saturated rings. The fourth-order valence-electron chi connectivity index (χ4n) is 2.81. The molecule has 5 heteroatoms. The molecular formula is C15H20N2O3. The molecule has 0 bridgehead atoms. The highest BCUT2D eigenvalue weighted by Gasteiger charge is 2.66. The van der Waals surface area contributed by atoms with E-state index in [1.54, 1.807) is 11.9 Å². The summed E-state index contributed by atoms with van der Waals surface area (Å²) in [5, 5.41) is 9.13. The van der Waals surface area contributed by atoms with Gasteiger partial charge in [0.15, 0.2) is 0 Å². The van der Waals surface area contributed by atoms with E-state index in [0.717, 1.165) is 11.4 Å². The fourth-order valence-corrected chi connectivity index (χ4v) is 2.81. The van der Waals surface area contributed by atoms with Crippen LogP contribution in [0, 0.1) is 24.2 Å². The molecule has 2 rings (SSSR count). The normalized spacial score (nSPS) is 23.2. The van der Waals surface area contributed by atoms with Crippen LogP contribution in [0.25, 0.3) is 0 Å². The molecule has 5 nitrogen and oxygen atoms in total. The van der Waals surface area contributed by atoms with Crippen LogP contribution < -0.4 is 0 Å². The topological polar surface area (TPSA) is 70.5 Å². The van der Waals surface area contributed by atoms with Crippen molar-refractivity contribution in [1.82, 2.24) is 9.88 Å². The van der Waals surface area contributed by atoms with Gasteiger partial charge >= 0.3 is 5.97 Å². The Labute approximate surface area is 118 Å². The molecule has 2 atom stereocenters. The summed E-state index contributed by atoms with van der Waals surface area (Å²) in [6.45, 7) is 5.95. The van der Waals surface area contributed by atoms with E-state index < -0.39 is 23.2 Å². The number of aromatic nitrogens is 1. The number of pyridine rings is 1. The van der Waals surface area contributed by atoms with Gasteiger partial charge in [-0.15, -0.1) is 0 Å². The van der Waals surface area contributed by atoms with Crippen LogP contribution in [0.3, 0.4) is 0 Å². The molecule has 108 valence electrons. The third kappa shape index (κ3) is 2.53. The lowest BCUT2D eigenvalue weighted by Crippen LogP contribution is -2.30. The number of rotatable bonds is 4. The summed E-state index contributed by atoms with van der Waals surface area (Å²) >= 11 is 0. The number of carboxylic acid groups (broad SMARTS) is 1. The lowest BCUT2D eigenvalue weighted by atomic mass is 10.1. The van der Waals surface area contributed by atoms with Gasteiger partial charge in [-0.05, 0) is 24.5 Å². The van der Waals surface area contributed by atoms with Crippen molar-refractivity contribution >= 4 is 11.9 Å². The van der Waals surface area contributed by atoms with E-state index in [1.807, 2.05) is 39.0 Å². The molecule has 20 heavy (non-hydrogen) atoms. The number of carboxylic acids is 1. The van der Waals surface area contributed by atoms with Crippen molar-refractivity contribution in [2.45, 2.75) is 27.3 Å². The second-order valence-electron chi connectivity index (χ2n) is 6.08. The van der Waals surface area contributed by atoms with Gasteiger partial charge in [0.25, 0.3) is 0 Å². The molecule has 1 aromatic heterocycles. The van der Waals surface area contributed by atoms with Crippen LogP contribution in [0.2, 0.25) is 0 Å². The minimum atomic E-state index is -0.893. The molecule has 1 amide bonds. The number of hydrogen-bond acceptors (Lipinski definition) is 3. The van der Waals surface area contributed by atoms with E-state index in [-0.39, 0.29) is 5.91 Å². The highest BCUT2D eigenvalue weighted by Crippen LogP contribution is 2.58. The summed E-state index contributed by atoms with van der Waals surface area (Å²) < 4.78 is 0. The molecule has 0 unspecified atom stereocenters. The minimum absolute atomic E-state index is 0.120. The summed E-state index contributed by atoms with van der Waals surface area (Å²) in [7, 11) is 1.69. The number of hydrogen-bond donors (Lipinski definition) is 1. The minimum Gasteiger partial charge on any atom is -0.481 e. The Morgan fingerprint density at radius 2 is 2.00 bits per heavy atom. The summed E-state index contributed by atoms with van der Waals surface area (Å²) in [4.78, 5) is 29.4. The molecule has 1 aliphatic rings. The summed E-state index contributed by atoms with van der Waals surface area (Å²) in [5.74, 6) is -2.03. The molecular weight excluding hydrogens is 256 g/mol. The standard InChI is InChI=1S/C15H20N2O3/c1-9-6-5-7-10(16-9)8-17(4)13(18)11-12(14(19)20)15(11,2)3/h5-7,11-12H,8H2,1-4H3,(H,19,20)/t11-,12+/m1/s1. The predicted molar refractivity (Wildman–Crippen MR) is 73.8 cm³/mol. The van der Waals surface area contributed by atoms with E-state index in [2.05, 4.69) is 4.98 Å². The average Bonchev–Trinajstić information content (AvgIpc) is 2.91. The number of aliphatic carboxylic acids is 1. The van der Waals surface area contributed by atoms with E-state index in [4.69, 9.17) is 5.11 Å². The first-order valence-corrected chi connectivity index (χ1v) is 6.65. The number of carbonyl (C=O) groups excluding carboxylic acids is 1. The van der Waals surface area contributed by atoms with Crippen molar-refractivity contribution in [3.8, 4) is 0 Å². The van der Waals surface area contributed by atoms with Gasteiger partial charge < -0.3 is 10.0 Å². The SMILES string of the molecule is Cc1cccc(CN(C)C(=O)[C@H]2[C@@H](C(=O)O)C2(C)C)n1. The Kier molecular flexibility index (Phi) is 3.54. The zero-order chi connectivity index (χ0) is 15.1. The van der Waals surface area contributed by atoms with Crippen molar-refractivity contribution in [2.24, 2.45) is 17.3 Å². The zero-order valence-electron chi connectivity index (χ0n) is 12.3. The van der Waals surface area contributed by atoms with Gasteiger partial charge in [0.1, 0.15) is 0 Å². The van der Waals surface area contributed by atoms with Gasteiger partial charge in [0.05, 0.1) is 24.1 Å². The first kappa shape index (κ1) is 14.5. The molecule has 0 spiro atoms. The first-order valence-electron chi connectivity index (χ1n) is 6.65. The van der Waals surface area contributed by atoms with Crippen molar-refractivity contribution in [3.05, 3.63) is 29.6 Å². The Morgan fingerprint density at radius 3 is 2.50 bits per heavy atom. The zero-order valence-corrected chi connectivity index (χ0v) is 12.3. The Balaban J connectivity index is 2.05. The molecule has 0 aromatic carbocycles. The van der Waals surface area contributed by atoms with Crippen LogP contribution in [-0.4, -0.2) is 33.9 Å². The van der Waals surface area contributed by atoms with Crippen molar-refractivity contribution < 1.29 is 14.7 Å². The lowest BCUT2D eigenvalue weighted by molar-refractivity contribution is -0.141. The predicted octanol–water partition coefficient (Wildman–Crippen LogP) is 1.71. The first-order chi connectivity index (χ1) is 9.25. The fraction of sp³-hybridized carbons (Fsp3) is 0.533. The van der Waals surface area contributed by atoms with Crippen LogP contribution >= 0.6 is 0 Å². The van der Waals surface area contributed by atoms with E-state index in [9.17, 15) is 9.59 Å². The van der Waals surface area contributed by atoms with E-state index in [1.165, 1.54) is 0 Å². The Bertz CT molecular complexity index is 554. The second kappa shape index (κ2) is 4.89. The van der Waals surface area contributed by atoms with Gasteiger partial charge in [0.2, 0.25) is 5.91 Å². The van der Waals surface area contributed by atoms with E-state index in [0.29, 0.717) is 6.54 Å². The second-order valence-corrected chi connectivity index (χ2v) is 6.08. The van der Waals surface area contributed by atoms with Crippen LogP contribution in [-0.2, 0) is 16.1 Å². The lowest BCUT2D eigenvalue weighted by Gasteiger charge is -2.17. The molecule has 1 saturated carbocycles. The van der Waals surface area contributed by atoms with Crippen molar-refractivity contribution in [1.29, 1.82) is 0 Å². The maximum absolute atomic E-state index is 12.4. The highest BCUT2D eigenvalue weighted by atomic mass is 16.4. The highest BCUT2D eigenvalue weighted by molar-refractivity contribution is 5.91. The van der Waals surface area contributed by atoms with Crippen LogP contribution in [0.5, 0.6) is 0 Å². The summed E-state index contributed by atoms with van der Waals surface area (Å²) in [6.07, 6.45) is 0. The van der Waals surface area contributed by atoms with Gasteiger partial charge in [-0.3, -0.25) is 14.6 Å². The van der Waals surface area contributed by atoms with Gasteiger partial charge in [-0.1, -0.05) is 19.9 Å². The van der Waals surface area contributed by atoms with Crippen LogP contribution in [0.4, 0.5) is 0 Å². The third-order valence-electron chi connectivity index (χ3n) is 4.08.